The lowest BCUT2D eigenvalue weighted by molar-refractivity contribution is 0.0716. The van der Waals surface area contributed by atoms with Gasteiger partial charge in [-0.15, -0.1) is 0 Å². The van der Waals surface area contributed by atoms with Crippen LogP contribution in [0.5, 0.6) is 11.5 Å². The van der Waals surface area contributed by atoms with Crippen molar-refractivity contribution in [2.24, 2.45) is 0 Å². The normalized spacial score (nSPS) is 14.8. The van der Waals surface area contributed by atoms with Gasteiger partial charge in [-0.1, -0.05) is 42.5 Å². The fourth-order valence-electron chi connectivity index (χ4n) is 5.04. The molecule has 4 aromatic rings. The number of nitrogens with zero attached hydrogens (tertiary/aromatic N) is 1. The largest absolute Gasteiger partial charge is 0.493 e. The number of ether oxygens (including phenoxy) is 2. The molecule has 0 bridgehead atoms. The van der Waals surface area contributed by atoms with Crippen molar-refractivity contribution < 1.29 is 23.8 Å². The third kappa shape index (κ3) is 4.47. The predicted molar refractivity (Wildman–Crippen MR) is 140 cm³/mol. The monoisotopic (exact) mass is 499 g/mol. The van der Waals surface area contributed by atoms with Crippen LogP contribution in [0.1, 0.15) is 50.8 Å². The summed E-state index contributed by atoms with van der Waals surface area (Å²) >= 11 is 0. The van der Waals surface area contributed by atoms with Gasteiger partial charge >= 0.3 is 0 Å². The molecule has 0 spiro atoms. The molecule has 0 saturated heterocycles. The van der Waals surface area contributed by atoms with Crippen molar-refractivity contribution in [3.8, 4) is 11.5 Å². The molecule has 0 radical (unpaired) electrons. The Morgan fingerprint density at radius 3 is 2.51 bits per heavy atom. The maximum atomic E-state index is 13.8. The minimum absolute atomic E-state index is 0.0498. The lowest BCUT2D eigenvalue weighted by Gasteiger charge is -2.25. The van der Waals surface area contributed by atoms with Gasteiger partial charge in [0.25, 0.3) is 5.91 Å². The molecule has 3 aromatic carbocycles. The van der Waals surface area contributed by atoms with Gasteiger partial charge in [-0.2, -0.15) is 0 Å². The number of aryl methyl sites for hydroxylation is 2. The molecule has 7 heteroatoms. The molecule has 1 aliphatic rings. The van der Waals surface area contributed by atoms with E-state index in [0.717, 1.165) is 16.7 Å². The number of carbonyl (C=O) groups excluding carboxylic acids is 1. The summed E-state index contributed by atoms with van der Waals surface area (Å²) in [6.45, 7) is 4.36. The molecule has 1 atom stereocenters. The third-order valence-electron chi connectivity index (χ3n) is 6.71. The molecule has 5 rings (SSSR count). The Bertz CT molecular complexity index is 1530. The van der Waals surface area contributed by atoms with E-state index in [4.69, 9.17) is 13.9 Å². The standard InChI is InChI=1S/C30H29NO6/c1-18-14-19(2)25-24(15-18)37-29-26(28(25)33)27(31(30(29)34)12-7-13-32)21-10-11-22(23(16-21)35-3)36-17-20-8-5-4-6-9-20/h4-6,8-11,14-16,27,32H,7,12-13,17H2,1-3H3. The number of aliphatic hydroxyl groups excluding tert-OH is 1. The quantitative estimate of drug-likeness (QED) is 0.370. The number of amides is 1. The second kappa shape index (κ2) is 10.1. The highest BCUT2D eigenvalue weighted by Gasteiger charge is 2.42. The van der Waals surface area contributed by atoms with Crippen LogP contribution in [0.4, 0.5) is 0 Å². The number of hydrogen-bond donors (Lipinski definition) is 1. The van der Waals surface area contributed by atoms with Gasteiger partial charge in [-0.05, 0) is 60.7 Å². The minimum atomic E-state index is -0.674. The molecule has 0 aliphatic carbocycles. The van der Waals surface area contributed by atoms with Crippen LogP contribution < -0.4 is 14.9 Å². The molecule has 190 valence electrons. The lowest BCUT2D eigenvalue weighted by Crippen LogP contribution is -2.31. The van der Waals surface area contributed by atoms with Crippen molar-refractivity contribution in [1.29, 1.82) is 0 Å². The highest BCUT2D eigenvalue weighted by molar-refractivity contribution is 5.99. The molecule has 1 amide bonds. The number of fused-ring (bicyclic) bond motifs is 2. The first kappa shape index (κ1) is 24.6. The number of benzene rings is 3. The van der Waals surface area contributed by atoms with Crippen molar-refractivity contribution in [3.05, 3.63) is 104 Å². The first-order chi connectivity index (χ1) is 17.9. The number of rotatable bonds is 8. The maximum absolute atomic E-state index is 13.8. The summed E-state index contributed by atoms with van der Waals surface area (Å²) in [5.41, 5.74) is 3.96. The third-order valence-corrected chi connectivity index (χ3v) is 6.71. The zero-order valence-corrected chi connectivity index (χ0v) is 21.1. The average molecular weight is 500 g/mol. The van der Waals surface area contributed by atoms with Crippen LogP contribution in [-0.4, -0.2) is 36.2 Å². The van der Waals surface area contributed by atoms with E-state index in [1.807, 2.05) is 56.3 Å². The van der Waals surface area contributed by atoms with E-state index in [1.54, 1.807) is 30.2 Å². The maximum Gasteiger partial charge on any atom is 0.290 e. The fourth-order valence-corrected chi connectivity index (χ4v) is 5.04. The molecule has 1 N–H and O–H groups in total. The summed E-state index contributed by atoms with van der Waals surface area (Å²) < 4.78 is 17.7. The first-order valence-electron chi connectivity index (χ1n) is 12.3. The summed E-state index contributed by atoms with van der Waals surface area (Å²) in [5, 5.41) is 9.95. The van der Waals surface area contributed by atoms with Gasteiger partial charge in [0.1, 0.15) is 12.2 Å². The summed E-state index contributed by atoms with van der Waals surface area (Å²) in [5.74, 6) is 0.732. The molecule has 0 fully saturated rings. The molecule has 1 aliphatic heterocycles. The summed E-state index contributed by atoms with van der Waals surface area (Å²) in [4.78, 5) is 28.9. The SMILES string of the molecule is COc1cc(C2c3c(oc4cc(C)cc(C)c4c3=O)C(=O)N2CCCO)ccc1OCc1ccccc1. The Labute approximate surface area is 214 Å². The van der Waals surface area contributed by atoms with Crippen molar-refractivity contribution >= 4 is 16.9 Å². The number of aliphatic hydroxyl groups is 1. The van der Waals surface area contributed by atoms with Crippen LogP contribution in [-0.2, 0) is 6.61 Å². The number of methoxy groups -OCH3 is 1. The van der Waals surface area contributed by atoms with Gasteiger partial charge < -0.3 is 23.9 Å². The average Bonchev–Trinajstić information content (AvgIpc) is 3.17. The Hall–Kier alpha value is -4.10. The van der Waals surface area contributed by atoms with Crippen LogP contribution in [0.2, 0.25) is 0 Å². The van der Waals surface area contributed by atoms with Gasteiger partial charge in [0, 0.05) is 13.2 Å². The van der Waals surface area contributed by atoms with Crippen LogP contribution in [0.15, 0.2) is 69.9 Å². The van der Waals surface area contributed by atoms with E-state index in [2.05, 4.69) is 0 Å². The lowest BCUT2D eigenvalue weighted by atomic mass is 9.96. The second-order valence-electron chi connectivity index (χ2n) is 9.29. The molecule has 7 nitrogen and oxygen atoms in total. The zero-order valence-electron chi connectivity index (χ0n) is 21.1. The van der Waals surface area contributed by atoms with Crippen molar-refractivity contribution in [2.75, 3.05) is 20.3 Å². The Morgan fingerprint density at radius 2 is 1.78 bits per heavy atom. The van der Waals surface area contributed by atoms with Crippen molar-refractivity contribution in [1.82, 2.24) is 4.90 Å². The molecule has 1 unspecified atom stereocenters. The Morgan fingerprint density at radius 1 is 1.00 bits per heavy atom. The summed E-state index contributed by atoms with van der Waals surface area (Å²) in [7, 11) is 1.55. The Kier molecular flexibility index (Phi) is 6.72. The number of hydrogen-bond acceptors (Lipinski definition) is 6. The predicted octanol–water partition coefficient (Wildman–Crippen LogP) is 4.93. The van der Waals surface area contributed by atoms with Gasteiger partial charge in [0.2, 0.25) is 5.76 Å². The van der Waals surface area contributed by atoms with Gasteiger partial charge in [-0.25, -0.2) is 0 Å². The van der Waals surface area contributed by atoms with Crippen LogP contribution in [0, 0.1) is 13.8 Å². The van der Waals surface area contributed by atoms with E-state index < -0.39 is 6.04 Å². The van der Waals surface area contributed by atoms with Crippen LogP contribution >= 0.6 is 0 Å². The fraction of sp³-hybridized carbons (Fsp3) is 0.267. The Balaban J connectivity index is 1.60. The molecule has 0 saturated carbocycles. The van der Waals surface area contributed by atoms with Gasteiger partial charge in [0.15, 0.2) is 16.9 Å². The van der Waals surface area contributed by atoms with Crippen molar-refractivity contribution in [3.63, 3.8) is 0 Å². The van der Waals surface area contributed by atoms with E-state index in [9.17, 15) is 14.7 Å². The highest BCUT2D eigenvalue weighted by atomic mass is 16.5. The van der Waals surface area contributed by atoms with Gasteiger partial charge in [0.05, 0.1) is 24.1 Å². The van der Waals surface area contributed by atoms with E-state index in [-0.39, 0.29) is 30.2 Å². The van der Waals surface area contributed by atoms with Crippen molar-refractivity contribution in [2.45, 2.75) is 32.9 Å². The molecular formula is C30H29NO6. The smallest absolute Gasteiger partial charge is 0.290 e. The second-order valence-corrected chi connectivity index (χ2v) is 9.29. The topological polar surface area (TPSA) is 89.2 Å². The van der Waals surface area contributed by atoms with Crippen LogP contribution in [0.3, 0.4) is 0 Å². The molecular weight excluding hydrogens is 470 g/mol. The van der Waals surface area contributed by atoms with Gasteiger partial charge in [-0.3, -0.25) is 9.59 Å². The summed E-state index contributed by atoms with van der Waals surface area (Å²) in [6.07, 6.45) is 0.373. The number of carbonyl (C=O) groups is 1. The highest BCUT2D eigenvalue weighted by Crippen LogP contribution is 2.41. The van der Waals surface area contributed by atoms with E-state index in [0.29, 0.717) is 46.6 Å². The summed E-state index contributed by atoms with van der Waals surface area (Å²) in [6, 6.07) is 18.3. The first-order valence-corrected chi connectivity index (χ1v) is 12.3. The molecule has 1 aromatic heterocycles. The molecule has 37 heavy (non-hydrogen) atoms. The van der Waals surface area contributed by atoms with E-state index in [1.165, 1.54) is 0 Å². The van der Waals surface area contributed by atoms with Crippen LogP contribution in [0.25, 0.3) is 11.0 Å². The molecule has 2 heterocycles. The zero-order chi connectivity index (χ0) is 26.1. The minimum Gasteiger partial charge on any atom is -0.493 e. The van der Waals surface area contributed by atoms with E-state index >= 15 is 0 Å².